The van der Waals surface area contributed by atoms with E-state index >= 15 is 0 Å². The number of carbonyl (C=O) groups is 4. The van der Waals surface area contributed by atoms with Gasteiger partial charge in [-0.3, -0.25) is 14.4 Å². The van der Waals surface area contributed by atoms with E-state index in [-0.39, 0.29) is 18.0 Å². The lowest BCUT2D eigenvalue weighted by Crippen LogP contribution is -2.51. The number of halogens is 2. The molecule has 3 rings (SSSR count). The van der Waals surface area contributed by atoms with E-state index < -0.39 is 29.7 Å². The second kappa shape index (κ2) is 14.0. The van der Waals surface area contributed by atoms with Gasteiger partial charge in [0.25, 0.3) is 5.91 Å². The fourth-order valence-corrected chi connectivity index (χ4v) is 5.12. The van der Waals surface area contributed by atoms with E-state index in [0.29, 0.717) is 47.1 Å². The Morgan fingerprint density at radius 1 is 1.13 bits per heavy atom. The van der Waals surface area contributed by atoms with Crippen molar-refractivity contribution < 1.29 is 24.3 Å². The Hall–Kier alpha value is -3.52. The van der Waals surface area contributed by atoms with E-state index in [4.69, 9.17) is 28.5 Å². The molecule has 0 spiro atoms. The highest BCUT2D eigenvalue weighted by Crippen LogP contribution is 2.35. The van der Waals surface area contributed by atoms with Crippen LogP contribution in [0, 0.1) is 17.2 Å². The zero-order valence-electron chi connectivity index (χ0n) is 20.9. The van der Waals surface area contributed by atoms with Gasteiger partial charge in [0.1, 0.15) is 6.04 Å². The maximum Gasteiger partial charge on any atom is 0.328 e. The SMILES string of the molecule is CSc1ccc(C=CC(=O)N2CCC(C(=O)NC(CNC(=O)c3ccc(C#N)cc3)C(=O)O)CC2)c(Cl)c1Cl. The summed E-state index contributed by atoms with van der Waals surface area (Å²) in [7, 11) is 0. The Labute approximate surface area is 240 Å². The molecule has 204 valence electrons. The van der Waals surface area contributed by atoms with Crippen LogP contribution < -0.4 is 10.6 Å². The number of hydrogen-bond acceptors (Lipinski definition) is 6. The van der Waals surface area contributed by atoms with E-state index in [1.54, 1.807) is 17.0 Å². The zero-order chi connectivity index (χ0) is 28.5. The van der Waals surface area contributed by atoms with Gasteiger partial charge in [0, 0.05) is 42.1 Å². The summed E-state index contributed by atoms with van der Waals surface area (Å²) >= 11 is 14.0. The third kappa shape index (κ3) is 7.99. The van der Waals surface area contributed by atoms with Crippen LogP contribution in [0.2, 0.25) is 10.0 Å². The maximum atomic E-state index is 12.7. The molecule has 1 unspecified atom stereocenters. The minimum Gasteiger partial charge on any atom is -0.480 e. The molecule has 12 heteroatoms. The smallest absolute Gasteiger partial charge is 0.328 e. The van der Waals surface area contributed by atoms with Crippen molar-refractivity contribution >= 4 is 64.7 Å². The molecule has 0 bridgehead atoms. The fraction of sp³-hybridized carbons (Fsp3) is 0.296. The molecule has 0 aromatic heterocycles. The van der Waals surface area contributed by atoms with E-state index in [2.05, 4.69) is 10.6 Å². The van der Waals surface area contributed by atoms with Crippen LogP contribution in [0.1, 0.15) is 34.3 Å². The molecule has 3 amide bonds. The summed E-state index contributed by atoms with van der Waals surface area (Å²) in [4.78, 5) is 51.8. The van der Waals surface area contributed by atoms with Gasteiger partial charge < -0.3 is 20.6 Å². The number of nitriles is 1. The van der Waals surface area contributed by atoms with Gasteiger partial charge in [-0.05, 0) is 61.1 Å². The zero-order valence-corrected chi connectivity index (χ0v) is 23.3. The van der Waals surface area contributed by atoms with Gasteiger partial charge in [0.15, 0.2) is 0 Å². The standard InChI is InChI=1S/C27H26Cl2N4O5S/c1-39-21-8-6-17(23(28)24(21)29)7-9-22(34)33-12-10-19(11-13-33)26(36)32-20(27(37)38)15-31-25(35)18-4-2-16(14-30)3-5-18/h2-9,19-20H,10-13,15H2,1H3,(H,31,35)(H,32,36)(H,37,38). The Kier molecular flexibility index (Phi) is 10.8. The highest BCUT2D eigenvalue weighted by molar-refractivity contribution is 7.98. The molecular formula is C27H26Cl2N4O5S. The number of aliphatic carboxylic acids is 1. The van der Waals surface area contributed by atoms with Gasteiger partial charge in [-0.15, -0.1) is 11.8 Å². The average molecular weight is 590 g/mol. The van der Waals surface area contributed by atoms with Crippen LogP contribution in [0.3, 0.4) is 0 Å². The van der Waals surface area contributed by atoms with Crippen LogP contribution in [0.15, 0.2) is 47.4 Å². The molecule has 0 aliphatic carbocycles. The number of nitrogens with one attached hydrogen (secondary N) is 2. The molecule has 0 radical (unpaired) electrons. The molecule has 1 fully saturated rings. The molecule has 2 aromatic rings. The molecular weight excluding hydrogens is 563 g/mol. The number of hydrogen-bond donors (Lipinski definition) is 3. The summed E-state index contributed by atoms with van der Waals surface area (Å²) in [6.07, 6.45) is 5.63. The normalized spacial score (nSPS) is 14.5. The minimum absolute atomic E-state index is 0.232. The maximum absolute atomic E-state index is 12.7. The van der Waals surface area contributed by atoms with Crippen molar-refractivity contribution in [3.05, 3.63) is 69.2 Å². The summed E-state index contributed by atoms with van der Waals surface area (Å²) in [5.74, 6) is -2.97. The Bertz CT molecular complexity index is 1320. The average Bonchev–Trinajstić information content (AvgIpc) is 2.95. The first kappa shape index (κ1) is 30.0. The first-order valence-electron chi connectivity index (χ1n) is 11.9. The number of thioether (sulfide) groups is 1. The topological polar surface area (TPSA) is 140 Å². The molecule has 2 aromatic carbocycles. The first-order chi connectivity index (χ1) is 18.6. The van der Waals surface area contributed by atoms with Crippen LogP contribution in [-0.2, 0) is 14.4 Å². The van der Waals surface area contributed by atoms with E-state index in [1.165, 1.54) is 42.1 Å². The third-order valence-electron chi connectivity index (χ3n) is 6.24. The van der Waals surface area contributed by atoms with Crippen LogP contribution in [0.5, 0.6) is 0 Å². The number of carbonyl (C=O) groups excluding carboxylic acids is 3. The molecule has 3 N–H and O–H groups in total. The van der Waals surface area contributed by atoms with Gasteiger partial charge >= 0.3 is 5.97 Å². The lowest BCUT2D eigenvalue weighted by atomic mass is 9.95. The summed E-state index contributed by atoms with van der Waals surface area (Å²) < 4.78 is 0. The van der Waals surface area contributed by atoms with Crippen molar-refractivity contribution in [1.82, 2.24) is 15.5 Å². The predicted molar refractivity (Wildman–Crippen MR) is 150 cm³/mol. The van der Waals surface area contributed by atoms with Crippen LogP contribution in [-0.4, -0.2) is 65.6 Å². The van der Waals surface area contributed by atoms with E-state index in [9.17, 15) is 24.3 Å². The van der Waals surface area contributed by atoms with E-state index in [0.717, 1.165) is 4.90 Å². The monoisotopic (exact) mass is 588 g/mol. The summed E-state index contributed by atoms with van der Waals surface area (Å²) in [6.45, 7) is 0.342. The Morgan fingerprint density at radius 2 is 1.79 bits per heavy atom. The lowest BCUT2D eigenvalue weighted by molar-refractivity contribution is -0.142. The number of nitrogens with zero attached hydrogens (tertiary/aromatic N) is 2. The van der Waals surface area contributed by atoms with Crippen LogP contribution >= 0.6 is 35.0 Å². The number of amides is 3. The molecule has 1 aliphatic heterocycles. The van der Waals surface area contributed by atoms with Gasteiger partial charge in [0.2, 0.25) is 11.8 Å². The van der Waals surface area contributed by atoms with Gasteiger partial charge in [0.05, 0.1) is 21.7 Å². The molecule has 0 saturated carbocycles. The molecule has 1 saturated heterocycles. The first-order valence-corrected chi connectivity index (χ1v) is 13.9. The fourth-order valence-electron chi connectivity index (χ4n) is 3.94. The number of carboxylic acids is 1. The number of benzene rings is 2. The summed E-state index contributed by atoms with van der Waals surface area (Å²) in [5.41, 5.74) is 1.27. The van der Waals surface area contributed by atoms with Crippen LogP contribution in [0.25, 0.3) is 6.08 Å². The third-order valence-corrected chi connectivity index (χ3v) is 8.03. The number of likely N-dealkylation sites (tertiary alicyclic amines) is 1. The van der Waals surface area contributed by atoms with Gasteiger partial charge in [-0.2, -0.15) is 5.26 Å². The van der Waals surface area contributed by atoms with Crippen molar-refractivity contribution in [3.8, 4) is 6.07 Å². The number of carboxylic acid groups (broad SMARTS) is 1. The largest absolute Gasteiger partial charge is 0.480 e. The molecule has 39 heavy (non-hydrogen) atoms. The predicted octanol–water partition coefficient (Wildman–Crippen LogP) is 3.84. The second-order valence-corrected chi connectivity index (χ2v) is 10.3. The molecule has 1 heterocycles. The van der Waals surface area contributed by atoms with Crippen molar-refractivity contribution in [2.45, 2.75) is 23.8 Å². The van der Waals surface area contributed by atoms with Crippen molar-refractivity contribution in [1.29, 1.82) is 5.26 Å². The van der Waals surface area contributed by atoms with Crippen LogP contribution in [0.4, 0.5) is 0 Å². The van der Waals surface area contributed by atoms with Gasteiger partial charge in [-0.1, -0.05) is 29.3 Å². The highest BCUT2D eigenvalue weighted by Gasteiger charge is 2.30. The Balaban J connectivity index is 1.50. The number of rotatable bonds is 9. The molecule has 9 nitrogen and oxygen atoms in total. The van der Waals surface area contributed by atoms with Crippen molar-refractivity contribution in [2.24, 2.45) is 5.92 Å². The number of piperidine rings is 1. The lowest BCUT2D eigenvalue weighted by Gasteiger charge is -2.31. The highest BCUT2D eigenvalue weighted by atomic mass is 35.5. The van der Waals surface area contributed by atoms with E-state index in [1.807, 2.05) is 18.4 Å². The molecule has 1 aliphatic rings. The molecule has 1 atom stereocenters. The van der Waals surface area contributed by atoms with Crippen molar-refractivity contribution in [3.63, 3.8) is 0 Å². The summed E-state index contributed by atoms with van der Waals surface area (Å²) in [6, 6.07) is 10.1. The minimum atomic E-state index is -1.32. The summed E-state index contributed by atoms with van der Waals surface area (Å²) in [5, 5.41) is 24.1. The quantitative estimate of drug-likeness (QED) is 0.298. The van der Waals surface area contributed by atoms with Crippen molar-refractivity contribution in [2.75, 3.05) is 25.9 Å². The van der Waals surface area contributed by atoms with Gasteiger partial charge in [-0.25, -0.2) is 4.79 Å². The second-order valence-electron chi connectivity index (χ2n) is 8.72. The Morgan fingerprint density at radius 3 is 2.38 bits per heavy atom.